The zero-order valence-electron chi connectivity index (χ0n) is 13.6. The minimum absolute atomic E-state index is 0.413. The Balaban J connectivity index is 1.93. The minimum Gasteiger partial charge on any atom is -0.307 e. The van der Waals surface area contributed by atoms with E-state index in [1.165, 1.54) is 11.8 Å². The highest BCUT2D eigenvalue weighted by molar-refractivity contribution is 8.00. The molecule has 0 unspecified atom stereocenters. The second-order valence-corrected chi connectivity index (χ2v) is 7.05. The molecule has 1 heterocycles. The van der Waals surface area contributed by atoms with E-state index in [-0.39, 0.29) is 0 Å². The minimum atomic E-state index is -0.563. The maximum atomic E-state index is 12.1. The average molecular weight is 364 g/mol. The fourth-order valence-corrected chi connectivity index (χ4v) is 3.06. The number of carbonyl (C=O) groups is 2. The monoisotopic (exact) mass is 363 g/mol. The Bertz CT molecular complexity index is 767. The molecule has 0 aliphatic rings. The number of carbonyl (C=O) groups excluding carboxylic acids is 2. The molecule has 0 saturated heterocycles. The molecule has 0 radical (unpaired) electrons. The van der Waals surface area contributed by atoms with Gasteiger partial charge in [-0.05, 0) is 44.5 Å². The Labute approximate surface area is 150 Å². The summed E-state index contributed by atoms with van der Waals surface area (Å²) in [5.74, 6) is -0.413. The van der Waals surface area contributed by atoms with Gasteiger partial charge in [0, 0.05) is 11.9 Å². The van der Waals surface area contributed by atoms with E-state index in [4.69, 9.17) is 11.6 Å². The third kappa shape index (κ3) is 4.97. The predicted molar refractivity (Wildman–Crippen MR) is 97.6 cm³/mol. The lowest BCUT2D eigenvalue weighted by atomic mass is 10.1. The van der Waals surface area contributed by atoms with E-state index in [0.717, 1.165) is 11.1 Å². The number of imide groups is 1. The van der Waals surface area contributed by atoms with Crippen LogP contribution < -0.4 is 10.6 Å². The smallest absolute Gasteiger partial charge is 0.307 e. The fourth-order valence-electron chi connectivity index (χ4n) is 2.00. The molecule has 0 bridgehead atoms. The van der Waals surface area contributed by atoms with Crippen molar-refractivity contribution in [2.45, 2.75) is 31.0 Å². The Morgan fingerprint density at radius 3 is 2.67 bits per heavy atom. The molecule has 0 spiro atoms. The maximum Gasteiger partial charge on any atom is 0.325 e. The Morgan fingerprint density at radius 2 is 2.00 bits per heavy atom. The van der Waals surface area contributed by atoms with Crippen LogP contribution >= 0.6 is 23.4 Å². The first kappa shape index (κ1) is 18.3. The molecule has 5 nitrogen and oxygen atoms in total. The van der Waals surface area contributed by atoms with E-state index in [1.807, 2.05) is 26.0 Å². The molecule has 0 saturated carbocycles. The molecule has 2 rings (SSSR count). The third-order valence-electron chi connectivity index (χ3n) is 3.25. The van der Waals surface area contributed by atoms with Crippen LogP contribution in [0.3, 0.4) is 0 Å². The number of hydrogen-bond donors (Lipinski definition) is 2. The number of amides is 3. The molecular formula is C17H18ClN3O2S. The van der Waals surface area contributed by atoms with Crippen LogP contribution in [-0.2, 0) is 4.79 Å². The summed E-state index contributed by atoms with van der Waals surface area (Å²) in [5.41, 5.74) is 2.70. The number of aryl methyl sites for hydroxylation is 2. The molecule has 0 aliphatic carbocycles. The number of rotatable bonds is 4. The molecule has 2 N–H and O–H groups in total. The quantitative estimate of drug-likeness (QED) is 0.799. The zero-order valence-corrected chi connectivity index (χ0v) is 15.2. The largest absolute Gasteiger partial charge is 0.325 e. The van der Waals surface area contributed by atoms with Crippen LogP contribution in [0.5, 0.6) is 0 Å². The van der Waals surface area contributed by atoms with E-state index < -0.39 is 17.2 Å². The first-order valence-electron chi connectivity index (χ1n) is 7.33. The van der Waals surface area contributed by atoms with Crippen molar-refractivity contribution in [2.75, 3.05) is 5.32 Å². The van der Waals surface area contributed by atoms with Crippen molar-refractivity contribution in [3.05, 3.63) is 52.7 Å². The lowest BCUT2D eigenvalue weighted by Crippen LogP contribution is -2.39. The normalized spacial score (nSPS) is 11.7. The molecule has 1 aromatic carbocycles. The van der Waals surface area contributed by atoms with Gasteiger partial charge in [-0.15, -0.1) is 0 Å². The summed E-state index contributed by atoms with van der Waals surface area (Å²) in [6, 6.07) is 8.51. The highest BCUT2D eigenvalue weighted by atomic mass is 35.5. The lowest BCUT2D eigenvalue weighted by molar-refractivity contribution is -0.119. The molecule has 7 heteroatoms. The van der Waals surface area contributed by atoms with Crippen LogP contribution in [0.4, 0.5) is 10.5 Å². The van der Waals surface area contributed by atoms with E-state index in [0.29, 0.717) is 15.7 Å². The Kier molecular flexibility index (Phi) is 6.23. The summed E-state index contributed by atoms with van der Waals surface area (Å²) in [5, 5.41) is 5.52. The number of nitrogens with one attached hydrogen (secondary N) is 2. The van der Waals surface area contributed by atoms with Gasteiger partial charge in [0.15, 0.2) is 0 Å². The number of urea groups is 1. The second-order valence-electron chi connectivity index (χ2n) is 5.31. The van der Waals surface area contributed by atoms with Gasteiger partial charge in [0.1, 0.15) is 5.03 Å². The number of thioether (sulfide) groups is 1. The number of pyridine rings is 1. The first-order valence-corrected chi connectivity index (χ1v) is 8.59. The summed E-state index contributed by atoms with van der Waals surface area (Å²) in [7, 11) is 0. The molecule has 2 aromatic rings. The molecular weight excluding hydrogens is 346 g/mol. The van der Waals surface area contributed by atoms with E-state index >= 15 is 0 Å². The Morgan fingerprint density at radius 1 is 1.25 bits per heavy atom. The fraction of sp³-hybridized carbons (Fsp3) is 0.235. The number of anilines is 1. The van der Waals surface area contributed by atoms with Gasteiger partial charge in [0.25, 0.3) is 0 Å². The molecule has 1 atom stereocenters. The van der Waals surface area contributed by atoms with Crippen LogP contribution in [-0.4, -0.2) is 22.2 Å². The molecule has 3 amide bonds. The van der Waals surface area contributed by atoms with Crippen LogP contribution in [0.1, 0.15) is 18.1 Å². The molecule has 24 heavy (non-hydrogen) atoms. The van der Waals surface area contributed by atoms with Gasteiger partial charge in [-0.25, -0.2) is 9.78 Å². The Hall–Kier alpha value is -2.05. The van der Waals surface area contributed by atoms with Crippen LogP contribution in [0.15, 0.2) is 41.6 Å². The van der Waals surface area contributed by atoms with E-state index in [9.17, 15) is 9.59 Å². The van der Waals surface area contributed by atoms with E-state index in [1.54, 1.807) is 31.3 Å². The van der Waals surface area contributed by atoms with Crippen LogP contribution in [0, 0.1) is 13.8 Å². The SMILES string of the molecule is Cc1ccc(NC(=O)NC(=O)[C@H](C)Sc2ncccc2Cl)c(C)c1. The van der Waals surface area contributed by atoms with Gasteiger partial charge in [0.2, 0.25) is 5.91 Å². The van der Waals surface area contributed by atoms with Crippen molar-refractivity contribution in [2.24, 2.45) is 0 Å². The van der Waals surface area contributed by atoms with Crippen molar-refractivity contribution >= 4 is 41.0 Å². The predicted octanol–water partition coefficient (Wildman–Crippen LogP) is 4.18. The van der Waals surface area contributed by atoms with Gasteiger partial charge < -0.3 is 5.32 Å². The number of benzene rings is 1. The highest BCUT2D eigenvalue weighted by Gasteiger charge is 2.19. The lowest BCUT2D eigenvalue weighted by Gasteiger charge is -2.13. The van der Waals surface area contributed by atoms with Crippen LogP contribution in [0.25, 0.3) is 0 Å². The zero-order chi connectivity index (χ0) is 17.7. The van der Waals surface area contributed by atoms with Crippen molar-refractivity contribution in [1.82, 2.24) is 10.3 Å². The standard InChI is InChI=1S/C17H18ClN3O2S/c1-10-6-7-14(11(2)9-10)20-17(23)21-15(22)12(3)24-16-13(18)5-4-8-19-16/h4-9,12H,1-3H3,(H2,20,21,22,23)/t12-/m0/s1. The summed E-state index contributed by atoms with van der Waals surface area (Å²) < 4.78 is 0. The summed E-state index contributed by atoms with van der Waals surface area (Å²) in [4.78, 5) is 28.2. The topological polar surface area (TPSA) is 71.1 Å². The molecule has 126 valence electrons. The number of aromatic nitrogens is 1. The molecule has 0 aliphatic heterocycles. The van der Waals surface area contributed by atoms with E-state index in [2.05, 4.69) is 15.6 Å². The van der Waals surface area contributed by atoms with Crippen LogP contribution in [0.2, 0.25) is 5.02 Å². The second kappa shape index (κ2) is 8.17. The number of nitrogens with zero attached hydrogens (tertiary/aromatic N) is 1. The van der Waals surface area contributed by atoms with Crippen molar-refractivity contribution in [3.8, 4) is 0 Å². The summed E-state index contributed by atoms with van der Waals surface area (Å²) in [6.45, 7) is 5.56. The first-order chi connectivity index (χ1) is 11.4. The van der Waals surface area contributed by atoms with Gasteiger partial charge in [-0.1, -0.05) is 41.1 Å². The molecule has 0 fully saturated rings. The summed E-state index contributed by atoms with van der Waals surface area (Å²) in [6.07, 6.45) is 1.60. The van der Waals surface area contributed by atoms with Gasteiger partial charge in [0.05, 0.1) is 10.3 Å². The third-order valence-corrected chi connectivity index (χ3v) is 4.78. The average Bonchev–Trinajstić information content (AvgIpc) is 2.52. The van der Waals surface area contributed by atoms with Crippen molar-refractivity contribution in [3.63, 3.8) is 0 Å². The van der Waals surface area contributed by atoms with Gasteiger partial charge in [-0.2, -0.15) is 0 Å². The maximum absolute atomic E-state index is 12.1. The summed E-state index contributed by atoms with van der Waals surface area (Å²) >= 11 is 7.22. The van der Waals surface area contributed by atoms with Crippen molar-refractivity contribution in [1.29, 1.82) is 0 Å². The van der Waals surface area contributed by atoms with Gasteiger partial charge >= 0.3 is 6.03 Å². The van der Waals surface area contributed by atoms with Gasteiger partial charge in [-0.3, -0.25) is 10.1 Å². The molecule has 1 aromatic heterocycles. The van der Waals surface area contributed by atoms with Crippen molar-refractivity contribution < 1.29 is 9.59 Å². The number of halogens is 1. The number of hydrogen-bond acceptors (Lipinski definition) is 4. The highest BCUT2D eigenvalue weighted by Crippen LogP contribution is 2.27.